The van der Waals surface area contributed by atoms with Crippen molar-refractivity contribution in [2.45, 2.75) is 31.8 Å². The van der Waals surface area contributed by atoms with E-state index >= 15 is 0 Å². The van der Waals surface area contributed by atoms with Gasteiger partial charge >= 0.3 is 6.03 Å². The van der Waals surface area contributed by atoms with E-state index in [4.69, 9.17) is 4.74 Å². The first-order valence-electron chi connectivity index (χ1n) is 9.29. The molecule has 2 N–H and O–H groups in total. The quantitative estimate of drug-likeness (QED) is 0.852. The summed E-state index contributed by atoms with van der Waals surface area (Å²) in [6.07, 6.45) is 2.61. The second-order valence-electron chi connectivity index (χ2n) is 6.91. The third kappa shape index (κ3) is 4.31. The lowest BCUT2D eigenvalue weighted by atomic mass is 10.1. The van der Waals surface area contributed by atoms with Crippen LogP contribution < -0.4 is 10.6 Å². The second-order valence-corrected chi connectivity index (χ2v) is 7.91. The molecule has 2 aliphatic heterocycles. The Bertz CT molecular complexity index is 812. The molecule has 0 unspecified atom stereocenters. The summed E-state index contributed by atoms with van der Waals surface area (Å²) in [6.45, 7) is 2.76. The van der Waals surface area contributed by atoms with Gasteiger partial charge in [0.1, 0.15) is 0 Å². The fourth-order valence-electron chi connectivity index (χ4n) is 3.44. The molecule has 1 aromatic carbocycles. The van der Waals surface area contributed by atoms with Crippen molar-refractivity contribution in [2.75, 3.05) is 25.1 Å². The van der Waals surface area contributed by atoms with Crippen molar-refractivity contribution in [3.05, 3.63) is 51.7 Å². The first kappa shape index (κ1) is 18.0. The SMILES string of the molecule is O=C(NC1CCOCC1)c1ccc(NC(=O)N2CCc3sccc3C2)cc1. The number of nitrogens with one attached hydrogen (secondary N) is 2. The Kier molecular flexibility index (Phi) is 5.40. The lowest BCUT2D eigenvalue weighted by Crippen LogP contribution is -2.39. The second kappa shape index (κ2) is 8.10. The molecule has 2 aromatic rings. The smallest absolute Gasteiger partial charge is 0.322 e. The fraction of sp³-hybridized carbons (Fsp3) is 0.400. The molecule has 0 spiro atoms. The van der Waals surface area contributed by atoms with Gasteiger partial charge in [0.15, 0.2) is 0 Å². The van der Waals surface area contributed by atoms with Crippen LogP contribution in [0.5, 0.6) is 0 Å². The van der Waals surface area contributed by atoms with Gasteiger partial charge in [-0.05, 0) is 60.5 Å². The van der Waals surface area contributed by atoms with E-state index in [-0.39, 0.29) is 18.0 Å². The number of urea groups is 1. The van der Waals surface area contributed by atoms with Crippen molar-refractivity contribution in [3.8, 4) is 0 Å². The van der Waals surface area contributed by atoms with Crippen LogP contribution in [-0.4, -0.2) is 42.6 Å². The predicted octanol–water partition coefficient (Wildman–Crippen LogP) is 3.25. The molecular weight excluding hydrogens is 362 g/mol. The zero-order valence-corrected chi connectivity index (χ0v) is 15.9. The van der Waals surface area contributed by atoms with Gasteiger partial charge < -0.3 is 20.3 Å². The molecule has 0 radical (unpaired) electrons. The number of nitrogens with zero attached hydrogens (tertiary/aromatic N) is 1. The van der Waals surface area contributed by atoms with Gasteiger partial charge in [0.2, 0.25) is 0 Å². The summed E-state index contributed by atoms with van der Waals surface area (Å²) < 4.78 is 5.31. The van der Waals surface area contributed by atoms with Crippen LogP contribution in [0.25, 0.3) is 0 Å². The van der Waals surface area contributed by atoms with Gasteiger partial charge in [-0.1, -0.05) is 0 Å². The molecular formula is C20H23N3O3S. The third-order valence-electron chi connectivity index (χ3n) is 5.05. The first-order valence-corrected chi connectivity index (χ1v) is 10.2. The van der Waals surface area contributed by atoms with Crippen LogP contribution in [0.1, 0.15) is 33.6 Å². The van der Waals surface area contributed by atoms with Crippen LogP contribution in [0.3, 0.4) is 0 Å². The highest BCUT2D eigenvalue weighted by molar-refractivity contribution is 7.10. The normalized spacial score (nSPS) is 17.3. The molecule has 1 saturated heterocycles. The Morgan fingerprint density at radius 3 is 2.67 bits per heavy atom. The largest absolute Gasteiger partial charge is 0.381 e. The minimum Gasteiger partial charge on any atom is -0.381 e. The van der Waals surface area contributed by atoms with Crippen molar-refractivity contribution < 1.29 is 14.3 Å². The van der Waals surface area contributed by atoms with Crippen LogP contribution in [0.15, 0.2) is 35.7 Å². The summed E-state index contributed by atoms with van der Waals surface area (Å²) in [5.74, 6) is -0.0826. The highest BCUT2D eigenvalue weighted by atomic mass is 32.1. The Balaban J connectivity index is 1.32. The topological polar surface area (TPSA) is 70.7 Å². The number of anilines is 1. The maximum Gasteiger partial charge on any atom is 0.322 e. The molecule has 0 atom stereocenters. The molecule has 142 valence electrons. The van der Waals surface area contributed by atoms with E-state index in [1.54, 1.807) is 35.6 Å². The molecule has 7 heteroatoms. The number of carbonyl (C=O) groups is 2. The monoisotopic (exact) mass is 385 g/mol. The van der Waals surface area contributed by atoms with Crippen molar-refractivity contribution in [1.82, 2.24) is 10.2 Å². The highest BCUT2D eigenvalue weighted by Gasteiger charge is 2.21. The lowest BCUT2D eigenvalue weighted by molar-refractivity contribution is 0.0696. The van der Waals surface area contributed by atoms with Gasteiger partial charge in [0.25, 0.3) is 5.91 Å². The molecule has 1 aromatic heterocycles. The van der Waals surface area contributed by atoms with Gasteiger partial charge in [-0.15, -0.1) is 11.3 Å². The van der Waals surface area contributed by atoms with Crippen LogP contribution in [0, 0.1) is 0 Å². The van der Waals surface area contributed by atoms with Crippen molar-refractivity contribution in [2.24, 2.45) is 0 Å². The van der Waals surface area contributed by atoms with Gasteiger partial charge in [-0.25, -0.2) is 4.79 Å². The molecule has 0 bridgehead atoms. The summed E-state index contributed by atoms with van der Waals surface area (Å²) in [7, 11) is 0. The molecule has 6 nitrogen and oxygen atoms in total. The Labute approximate surface area is 162 Å². The van der Waals surface area contributed by atoms with E-state index in [0.717, 1.165) is 25.8 Å². The maximum atomic E-state index is 12.5. The minimum absolute atomic E-state index is 0.0826. The summed E-state index contributed by atoms with van der Waals surface area (Å²) in [6, 6.07) is 9.20. The number of hydrogen-bond donors (Lipinski definition) is 2. The number of benzene rings is 1. The van der Waals surface area contributed by atoms with Crippen molar-refractivity contribution in [1.29, 1.82) is 0 Å². The number of thiophene rings is 1. The lowest BCUT2D eigenvalue weighted by Gasteiger charge is -2.27. The zero-order valence-electron chi connectivity index (χ0n) is 15.1. The zero-order chi connectivity index (χ0) is 18.6. The van der Waals surface area contributed by atoms with Crippen LogP contribution in [0.2, 0.25) is 0 Å². The van der Waals surface area contributed by atoms with Crippen molar-refractivity contribution >= 4 is 29.0 Å². The van der Waals surface area contributed by atoms with Gasteiger partial charge in [0, 0.05) is 48.5 Å². The van der Waals surface area contributed by atoms with E-state index in [2.05, 4.69) is 22.1 Å². The van der Waals surface area contributed by atoms with Gasteiger partial charge in [0.05, 0.1) is 0 Å². The average Bonchev–Trinajstić information content (AvgIpc) is 3.17. The summed E-state index contributed by atoms with van der Waals surface area (Å²) in [4.78, 5) is 28.0. The van der Waals surface area contributed by atoms with E-state index < -0.39 is 0 Å². The average molecular weight is 385 g/mol. The molecule has 27 heavy (non-hydrogen) atoms. The van der Waals surface area contributed by atoms with Crippen LogP contribution in [0.4, 0.5) is 10.5 Å². The predicted molar refractivity (Wildman–Crippen MR) is 105 cm³/mol. The molecule has 4 rings (SSSR count). The molecule has 3 heterocycles. The number of amides is 3. The Morgan fingerprint density at radius 1 is 1.11 bits per heavy atom. The van der Waals surface area contributed by atoms with Crippen molar-refractivity contribution in [3.63, 3.8) is 0 Å². The van der Waals surface area contributed by atoms with E-state index in [1.807, 2.05) is 4.90 Å². The van der Waals surface area contributed by atoms with E-state index in [0.29, 0.717) is 31.0 Å². The number of ether oxygens (including phenoxy) is 1. The highest BCUT2D eigenvalue weighted by Crippen LogP contribution is 2.24. The Morgan fingerprint density at radius 2 is 1.89 bits per heavy atom. The van der Waals surface area contributed by atoms with Gasteiger partial charge in [-0.2, -0.15) is 0 Å². The molecule has 3 amide bonds. The van der Waals surface area contributed by atoms with Crippen LogP contribution >= 0.6 is 11.3 Å². The van der Waals surface area contributed by atoms with Crippen LogP contribution in [-0.2, 0) is 17.7 Å². The fourth-order valence-corrected chi connectivity index (χ4v) is 4.33. The molecule has 0 saturated carbocycles. The Hall–Kier alpha value is -2.38. The number of fused-ring (bicyclic) bond motifs is 1. The standard InChI is InChI=1S/C20H23N3O3S/c24-19(21-17-6-10-26-11-7-17)14-1-3-16(4-2-14)22-20(25)23-9-5-18-15(13-23)8-12-27-18/h1-4,8,12,17H,5-7,9-11,13H2,(H,21,24)(H,22,25). The third-order valence-corrected chi connectivity index (χ3v) is 6.07. The van der Waals surface area contributed by atoms with E-state index in [9.17, 15) is 9.59 Å². The van der Waals surface area contributed by atoms with Gasteiger partial charge in [-0.3, -0.25) is 4.79 Å². The van der Waals surface area contributed by atoms with E-state index in [1.165, 1.54) is 10.4 Å². The maximum absolute atomic E-state index is 12.5. The molecule has 1 fully saturated rings. The minimum atomic E-state index is -0.105. The number of rotatable bonds is 3. The molecule has 2 aliphatic rings. The first-order chi connectivity index (χ1) is 13.2. The summed E-state index contributed by atoms with van der Waals surface area (Å²) in [5.41, 5.74) is 2.53. The number of carbonyl (C=O) groups excluding carboxylic acids is 2. The summed E-state index contributed by atoms with van der Waals surface area (Å²) in [5, 5.41) is 8.04. The summed E-state index contributed by atoms with van der Waals surface area (Å²) >= 11 is 1.76. The number of hydrogen-bond acceptors (Lipinski definition) is 4. The molecule has 0 aliphatic carbocycles.